The van der Waals surface area contributed by atoms with E-state index in [9.17, 15) is 14.4 Å². The van der Waals surface area contributed by atoms with Gasteiger partial charge in [0.25, 0.3) is 11.8 Å². The maximum atomic E-state index is 12.6. The predicted octanol–water partition coefficient (Wildman–Crippen LogP) is 3.79. The Kier molecular flexibility index (Phi) is 6.76. The summed E-state index contributed by atoms with van der Waals surface area (Å²) in [6, 6.07) is 7.13. The van der Waals surface area contributed by atoms with Crippen molar-refractivity contribution in [3.05, 3.63) is 49.4 Å². The molecule has 2 amide bonds. The molecule has 8 heteroatoms. The van der Waals surface area contributed by atoms with Crippen LogP contribution in [0.3, 0.4) is 0 Å². The summed E-state index contributed by atoms with van der Waals surface area (Å²) in [5.41, 5.74) is 1.22. The molecule has 0 saturated heterocycles. The Bertz CT molecular complexity index is 861. The molecule has 1 aromatic heterocycles. The van der Waals surface area contributed by atoms with Crippen LogP contribution in [0.15, 0.2) is 24.3 Å². The Balaban J connectivity index is 2.47. The zero-order valence-electron chi connectivity index (χ0n) is 14.9. The summed E-state index contributed by atoms with van der Waals surface area (Å²) in [6.45, 7) is 3.59. The van der Waals surface area contributed by atoms with Gasteiger partial charge in [-0.1, -0.05) is 12.1 Å². The third-order valence-electron chi connectivity index (χ3n) is 3.57. The number of carbonyl (C=O) groups excluding carboxylic acids is 3. The molecule has 0 atom stereocenters. The van der Waals surface area contributed by atoms with Gasteiger partial charge in [-0.3, -0.25) is 9.59 Å². The number of esters is 1. The number of thiophene rings is 1. The van der Waals surface area contributed by atoms with Gasteiger partial charge < -0.3 is 15.0 Å². The first-order chi connectivity index (χ1) is 12.3. The number of nitrogens with zero attached hydrogens (tertiary/aromatic N) is 1. The first-order valence-electron chi connectivity index (χ1n) is 7.85. The zero-order valence-corrected chi connectivity index (χ0v) is 17.9. The van der Waals surface area contributed by atoms with Crippen molar-refractivity contribution in [1.82, 2.24) is 4.90 Å². The van der Waals surface area contributed by atoms with E-state index in [2.05, 4.69) is 27.9 Å². The van der Waals surface area contributed by atoms with Gasteiger partial charge in [-0.15, -0.1) is 11.3 Å². The number of halogens is 1. The molecule has 0 aliphatic heterocycles. The number of anilines is 1. The van der Waals surface area contributed by atoms with E-state index in [4.69, 9.17) is 4.74 Å². The van der Waals surface area contributed by atoms with Gasteiger partial charge in [-0.05, 0) is 54.1 Å². The lowest BCUT2D eigenvalue weighted by Gasteiger charge is -2.09. The van der Waals surface area contributed by atoms with Crippen LogP contribution >= 0.6 is 33.9 Å². The Morgan fingerprint density at radius 3 is 2.46 bits per heavy atom. The maximum absolute atomic E-state index is 12.6. The summed E-state index contributed by atoms with van der Waals surface area (Å²) < 4.78 is 5.89. The van der Waals surface area contributed by atoms with Crippen LogP contribution in [0, 0.1) is 10.5 Å². The highest BCUT2D eigenvalue weighted by atomic mass is 127. The van der Waals surface area contributed by atoms with Gasteiger partial charge in [0.15, 0.2) is 0 Å². The van der Waals surface area contributed by atoms with Crippen molar-refractivity contribution in [2.45, 2.75) is 13.8 Å². The minimum absolute atomic E-state index is 0.203. The fourth-order valence-corrected chi connectivity index (χ4v) is 4.12. The van der Waals surface area contributed by atoms with Crippen molar-refractivity contribution in [2.24, 2.45) is 0 Å². The fourth-order valence-electron chi connectivity index (χ4n) is 2.27. The highest BCUT2D eigenvalue weighted by Crippen LogP contribution is 2.35. The Hall–Kier alpha value is -1.94. The van der Waals surface area contributed by atoms with E-state index in [-0.39, 0.29) is 24.0 Å². The van der Waals surface area contributed by atoms with Gasteiger partial charge in [-0.2, -0.15) is 0 Å². The van der Waals surface area contributed by atoms with E-state index in [0.717, 1.165) is 14.9 Å². The second-order valence-electron chi connectivity index (χ2n) is 5.61. The highest BCUT2D eigenvalue weighted by molar-refractivity contribution is 14.1. The van der Waals surface area contributed by atoms with Crippen LogP contribution < -0.4 is 5.32 Å². The van der Waals surface area contributed by atoms with Gasteiger partial charge in [0, 0.05) is 17.7 Å². The molecule has 0 fully saturated rings. The summed E-state index contributed by atoms with van der Waals surface area (Å²) in [5, 5.41) is 3.08. The zero-order chi connectivity index (χ0) is 19.4. The van der Waals surface area contributed by atoms with Crippen LogP contribution in [0.5, 0.6) is 0 Å². The molecule has 2 aromatic rings. The van der Waals surface area contributed by atoms with E-state index >= 15 is 0 Å². The van der Waals surface area contributed by atoms with Crippen molar-refractivity contribution in [3.63, 3.8) is 0 Å². The third kappa shape index (κ3) is 4.24. The van der Waals surface area contributed by atoms with E-state index < -0.39 is 5.97 Å². The van der Waals surface area contributed by atoms with Crippen molar-refractivity contribution in [1.29, 1.82) is 0 Å². The average molecular weight is 486 g/mol. The van der Waals surface area contributed by atoms with E-state index in [0.29, 0.717) is 21.0 Å². The Morgan fingerprint density at radius 2 is 1.88 bits per heavy atom. The van der Waals surface area contributed by atoms with Crippen LogP contribution in [0.4, 0.5) is 5.00 Å². The molecule has 0 bridgehead atoms. The normalized spacial score (nSPS) is 10.3. The van der Waals surface area contributed by atoms with Crippen molar-refractivity contribution in [3.8, 4) is 0 Å². The van der Waals surface area contributed by atoms with Gasteiger partial charge in [0.05, 0.1) is 22.6 Å². The average Bonchev–Trinajstić information content (AvgIpc) is 2.90. The molecule has 0 aliphatic carbocycles. The minimum atomic E-state index is -0.558. The van der Waals surface area contributed by atoms with E-state index in [1.54, 1.807) is 40.1 Å². The van der Waals surface area contributed by atoms with Crippen LogP contribution in [-0.2, 0) is 4.74 Å². The third-order valence-corrected chi connectivity index (χ3v) is 5.71. The van der Waals surface area contributed by atoms with Crippen LogP contribution in [0.25, 0.3) is 0 Å². The van der Waals surface area contributed by atoms with Gasteiger partial charge in [0.1, 0.15) is 5.00 Å². The molecule has 1 heterocycles. The lowest BCUT2D eigenvalue weighted by Crippen LogP contribution is -2.21. The smallest absolute Gasteiger partial charge is 0.341 e. The molecule has 6 nitrogen and oxygen atoms in total. The SMILES string of the molecule is CCOC(=O)c1c(NC(=O)c2ccccc2I)sc(C(=O)N(C)C)c1C. The molecule has 0 radical (unpaired) electrons. The number of hydrogen-bond acceptors (Lipinski definition) is 5. The predicted molar refractivity (Wildman–Crippen MR) is 110 cm³/mol. The minimum Gasteiger partial charge on any atom is -0.462 e. The number of amides is 2. The van der Waals surface area contributed by atoms with Gasteiger partial charge in [-0.25, -0.2) is 4.79 Å². The molecule has 1 N–H and O–H groups in total. The first-order valence-corrected chi connectivity index (χ1v) is 9.75. The highest BCUT2D eigenvalue weighted by Gasteiger charge is 2.27. The van der Waals surface area contributed by atoms with Crippen LogP contribution in [0.2, 0.25) is 0 Å². The summed E-state index contributed by atoms with van der Waals surface area (Å²) in [5.74, 6) is -1.13. The number of hydrogen-bond donors (Lipinski definition) is 1. The quantitative estimate of drug-likeness (QED) is 0.516. The second-order valence-corrected chi connectivity index (χ2v) is 7.80. The van der Waals surface area contributed by atoms with E-state index in [1.165, 1.54) is 4.90 Å². The van der Waals surface area contributed by atoms with Crippen molar-refractivity contribution >= 4 is 56.7 Å². The molecule has 0 saturated carbocycles. The Labute approximate surface area is 169 Å². The van der Waals surface area contributed by atoms with Crippen LogP contribution in [0.1, 0.15) is 42.9 Å². The fraction of sp³-hybridized carbons (Fsp3) is 0.278. The number of ether oxygens (including phenoxy) is 1. The topological polar surface area (TPSA) is 75.7 Å². The lowest BCUT2D eigenvalue weighted by atomic mass is 10.1. The van der Waals surface area contributed by atoms with Gasteiger partial charge >= 0.3 is 5.97 Å². The summed E-state index contributed by atoms with van der Waals surface area (Å²) in [6.07, 6.45) is 0. The standard InChI is InChI=1S/C18H19IN2O4S/c1-5-25-18(24)13-10(2)14(17(23)21(3)4)26-16(13)20-15(22)11-8-6-7-9-12(11)19/h6-9H,5H2,1-4H3,(H,20,22). The van der Waals surface area contributed by atoms with Crippen LogP contribution in [-0.4, -0.2) is 43.4 Å². The van der Waals surface area contributed by atoms with Crippen molar-refractivity contribution in [2.75, 3.05) is 26.0 Å². The first kappa shape index (κ1) is 20.4. The molecule has 138 valence electrons. The molecular formula is C18H19IN2O4S. The largest absolute Gasteiger partial charge is 0.462 e. The number of rotatable bonds is 5. The maximum Gasteiger partial charge on any atom is 0.341 e. The molecular weight excluding hydrogens is 467 g/mol. The molecule has 0 spiro atoms. The monoisotopic (exact) mass is 486 g/mol. The summed E-state index contributed by atoms with van der Waals surface area (Å²) in [4.78, 5) is 39.2. The Morgan fingerprint density at radius 1 is 1.23 bits per heavy atom. The second kappa shape index (κ2) is 8.63. The lowest BCUT2D eigenvalue weighted by molar-refractivity contribution is 0.0527. The molecule has 0 unspecified atom stereocenters. The van der Waals surface area contributed by atoms with E-state index in [1.807, 2.05) is 12.1 Å². The number of nitrogens with one attached hydrogen (secondary N) is 1. The molecule has 0 aliphatic rings. The summed E-state index contributed by atoms with van der Waals surface area (Å²) >= 11 is 3.15. The molecule has 1 aromatic carbocycles. The molecule has 26 heavy (non-hydrogen) atoms. The number of benzene rings is 1. The summed E-state index contributed by atoms with van der Waals surface area (Å²) in [7, 11) is 3.27. The van der Waals surface area contributed by atoms with Gasteiger partial charge in [0.2, 0.25) is 0 Å². The number of carbonyl (C=O) groups is 3. The van der Waals surface area contributed by atoms with Crippen molar-refractivity contribution < 1.29 is 19.1 Å². The molecule has 2 rings (SSSR count).